The molecular formula is C21H34N4O3. The molecule has 2 aliphatic rings. The summed E-state index contributed by atoms with van der Waals surface area (Å²) in [4.78, 5) is 41.2. The van der Waals surface area contributed by atoms with Crippen molar-refractivity contribution in [3.8, 4) is 0 Å². The van der Waals surface area contributed by atoms with Crippen LogP contribution in [0.25, 0.3) is 0 Å². The van der Waals surface area contributed by atoms with E-state index in [-0.39, 0.29) is 36.5 Å². The van der Waals surface area contributed by atoms with Gasteiger partial charge in [-0.25, -0.2) is 0 Å². The van der Waals surface area contributed by atoms with Crippen molar-refractivity contribution in [2.75, 3.05) is 19.6 Å². The molecule has 0 aromatic carbocycles. The zero-order valence-corrected chi connectivity index (χ0v) is 17.0. The number of amides is 3. The molecule has 0 aromatic heterocycles. The Balaban J connectivity index is 1.90. The molecule has 7 nitrogen and oxygen atoms in total. The monoisotopic (exact) mass is 390 g/mol. The molecule has 0 radical (unpaired) electrons. The molecule has 0 aromatic rings. The third-order valence-corrected chi connectivity index (χ3v) is 5.73. The lowest BCUT2D eigenvalue weighted by molar-refractivity contribution is -0.141. The number of nitrogens with one attached hydrogen (secondary N) is 1. The first-order chi connectivity index (χ1) is 13.3. The van der Waals surface area contributed by atoms with E-state index in [0.717, 1.165) is 38.8 Å². The smallest absolute Gasteiger partial charge is 0.243 e. The van der Waals surface area contributed by atoms with Gasteiger partial charge in [-0.1, -0.05) is 19.6 Å². The van der Waals surface area contributed by atoms with Crippen molar-refractivity contribution in [1.82, 2.24) is 15.1 Å². The molecule has 2 heterocycles. The normalized spacial score (nSPS) is 21.7. The molecule has 3 N–H and O–H groups in total. The van der Waals surface area contributed by atoms with Gasteiger partial charge in [0.25, 0.3) is 0 Å². The highest BCUT2D eigenvalue weighted by molar-refractivity contribution is 5.90. The van der Waals surface area contributed by atoms with Crippen LogP contribution in [0.5, 0.6) is 0 Å². The molecule has 3 amide bonds. The number of rotatable bonds is 8. The molecule has 0 bridgehead atoms. The van der Waals surface area contributed by atoms with Crippen LogP contribution >= 0.6 is 0 Å². The fourth-order valence-electron chi connectivity index (χ4n) is 3.94. The summed E-state index contributed by atoms with van der Waals surface area (Å²) in [6.45, 7) is 11.5. The van der Waals surface area contributed by atoms with Crippen molar-refractivity contribution in [3.63, 3.8) is 0 Å². The zero-order chi connectivity index (χ0) is 20.7. The van der Waals surface area contributed by atoms with Crippen LogP contribution in [0.3, 0.4) is 0 Å². The first-order valence-corrected chi connectivity index (χ1v) is 10.3. The van der Waals surface area contributed by atoms with Gasteiger partial charge in [0.05, 0.1) is 6.04 Å². The third-order valence-electron chi connectivity index (χ3n) is 5.73. The molecule has 156 valence electrons. The van der Waals surface area contributed by atoms with E-state index in [9.17, 15) is 14.4 Å². The van der Waals surface area contributed by atoms with Crippen molar-refractivity contribution in [2.45, 2.75) is 64.0 Å². The molecule has 2 aliphatic heterocycles. The number of likely N-dealkylation sites (tertiary alicyclic amines) is 2. The second kappa shape index (κ2) is 10.3. The second-order valence-corrected chi connectivity index (χ2v) is 7.84. The van der Waals surface area contributed by atoms with Gasteiger partial charge in [-0.2, -0.15) is 0 Å². The van der Waals surface area contributed by atoms with E-state index < -0.39 is 12.1 Å². The van der Waals surface area contributed by atoms with Crippen LogP contribution in [0, 0.1) is 5.92 Å². The second-order valence-electron chi connectivity index (χ2n) is 7.84. The summed E-state index contributed by atoms with van der Waals surface area (Å²) < 4.78 is 0. The number of hydrogen-bond donors (Lipinski definition) is 2. The van der Waals surface area contributed by atoms with Gasteiger partial charge in [0.2, 0.25) is 17.7 Å². The minimum Gasteiger partial charge on any atom is -0.401 e. The Morgan fingerprint density at radius 3 is 2.36 bits per heavy atom. The average molecular weight is 391 g/mol. The van der Waals surface area contributed by atoms with Gasteiger partial charge < -0.3 is 20.9 Å². The molecule has 0 saturated carbocycles. The topological polar surface area (TPSA) is 95.7 Å². The first kappa shape index (κ1) is 22.0. The summed E-state index contributed by atoms with van der Waals surface area (Å²) in [6, 6.07) is -0.931. The van der Waals surface area contributed by atoms with E-state index in [0.29, 0.717) is 18.7 Å². The predicted molar refractivity (Wildman–Crippen MR) is 109 cm³/mol. The van der Waals surface area contributed by atoms with Crippen molar-refractivity contribution in [3.05, 3.63) is 24.9 Å². The Labute approximate surface area is 168 Å². The van der Waals surface area contributed by atoms with Crippen LogP contribution in [0.2, 0.25) is 0 Å². The number of nitrogens with two attached hydrogens (primary N) is 1. The highest BCUT2D eigenvalue weighted by Crippen LogP contribution is 2.21. The summed E-state index contributed by atoms with van der Waals surface area (Å²) in [7, 11) is 0. The summed E-state index contributed by atoms with van der Waals surface area (Å²) in [6.07, 6.45) is 6.68. The molecule has 2 rings (SSSR count). The van der Waals surface area contributed by atoms with Crippen LogP contribution in [0.4, 0.5) is 0 Å². The molecule has 2 fully saturated rings. The third kappa shape index (κ3) is 5.59. The molecular weight excluding hydrogens is 356 g/mol. The van der Waals surface area contributed by atoms with Gasteiger partial charge in [-0.3, -0.25) is 14.4 Å². The summed E-state index contributed by atoms with van der Waals surface area (Å²) in [5, 5.41) is 2.91. The highest BCUT2D eigenvalue weighted by atomic mass is 16.2. The molecule has 0 aliphatic carbocycles. The fraction of sp³-hybridized carbons (Fsp3) is 0.667. The number of piperidine rings is 1. The number of carbonyl (C=O) groups is 3. The van der Waals surface area contributed by atoms with Crippen LogP contribution < -0.4 is 11.1 Å². The zero-order valence-electron chi connectivity index (χ0n) is 17.0. The average Bonchev–Trinajstić information content (AvgIpc) is 3.19. The number of carbonyl (C=O) groups excluding carboxylic acids is 3. The Morgan fingerprint density at radius 2 is 1.75 bits per heavy atom. The predicted octanol–water partition coefficient (Wildman–Crippen LogP) is 1.55. The van der Waals surface area contributed by atoms with Crippen LogP contribution in [0.1, 0.15) is 51.9 Å². The fourth-order valence-corrected chi connectivity index (χ4v) is 3.94. The van der Waals surface area contributed by atoms with Gasteiger partial charge in [0.1, 0.15) is 6.04 Å². The van der Waals surface area contributed by atoms with Crippen molar-refractivity contribution in [2.24, 2.45) is 11.7 Å². The van der Waals surface area contributed by atoms with E-state index >= 15 is 0 Å². The highest BCUT2D eigenvalue weighted by Gasteiger charge is 2.35. The molecule has 3 atom stereocenters. The van der Waals surface area contributed by atoms with Crippen molar-refractivity contribution >= 4 is 17.7 Å². The van der Waals surface area contributed by atoms with E-state index in [1.807, 2.05) is 11.8 Å². The lowest BCUT2D eigenvalue weighted by Gasteiger charge is -2.29. The van der Waals surface area contributed by atoms with Gasteiger partial charge in [-0.05, 0) is 38.0 Å². The van der Waals surface area contributed by atoms with Gasteiger partial charge in [-0.15, -0.1) is 6.58 Å². The standard InChI is InChI=1S/C21H34N4O3/c1-4-15(2)20(16(3)22)23-21(28)17-9-8-14-25(17)19(27)11-10-18(26)24-12-6-5-7-13-24/h4,15,17,20H,1,3,5-14,22H2,2H3,(H,23,28)/t15?,17-,20?/m0/s1. The van der Waals surface area contributed by atoms with Crippen molar-refractivity contribution < 1.29 is 14.4 Å². The van der Waals surface area contributed by atoms with E-state index in [4.69, 9.17) is 5.73 Å². The molecule has 0 spiro atoms. The Kier molecular flexibility index (Phi) is 8.08. The first-order valence-electron chi connectivity index (χ1n) is 10.3. The van der Waals surface area contributed by atoms with Gasteiger partial charge in [0, 0.05) is 38.2 Å². The van der Waals surface area contributed by atoms with Gasteiger partial charge in [0.15, 0.2) is 0 Å². The van der Waals surface area contributed by atoms with Crippen LogP contribution in [-0.2, 0) is 14.4 Å². The van der Waals surface area contributed by atoms with E-state index in [2.05, 4.69) is 18.5 Å². The van der Waals surface area contributed by atoms with Crippen LogP contribution in [0.15, 0.2) is 24.9 Å². The van der Waals surface area contributed by atoms with Crippen molar-refractivity contribution in [1.29, 1.82) is 0 Å². The lowest BCUT2D eigenvalue weighted by Crippen LogP contribution is -2.51. The van der Waals surface area contributed by atoms with Gasteiger partial charge >= 0.3 is 0 Å². The maximum Gasteiger partial charge on any atom is 0.243 e. The Morgan fingerprint density at radius 1 is 1.11 bits per heavy atom. The number of hydrogen-bond acceptors (Lipinski definition) is 4. The Hall–Kier alpha value is -2.31. The molecule has 2 unspecified atom stereocenters. The SMILES string of the molecule is C=CC(C)C(NC(=O)[C@@H]1CCCN1C(=O)CCC(=O)N1CCCCC1)C(=C)N. The summed E-state index contributed by atoms with van der Waals surface area (Å²) >= 11 is 0. The Bertz CT molecular complexity index is 613. The molecule has 2 saturated heterocycles. The minimum atomic E-state index is -0.517. The lowest BCUT2D eigenvalue weighted by atomic mass is 9.99. The maximum absolute atomic E-state index is 12.8. The van der Waals surface area contributed by atoms with Crippen LogP contribution in [-0.4, -0.2) is 59.2 Å². The number of nitrogens with zero attached hydrogens (tertiary/aromatic N) is 2. The molecule has 28 heavy (non-hydrogen) atoms. The summed E-state index contributed by atoms with van der Waals surface area (Å²) in [5.74, 6) is -0.386. The summed E-state index contributed by atoms with van der Waals surface area (Å²) in [5.41, 5.74) is 6.19. The maximum atomic E-state index is 12.8. The van der Waals surface area contributed by atoms with E-state index in [1.54, 1.807) is 11.0 Å². The quantitative estimate of drug-likeness (QED) is 0.615. The molecule has 7 heteroatoms. The largest absolute Gasteiger partial charge is 0.401 e. The minimum absolute atomic E-state index is 0.0348. The van der Waals surface area contributed by atoms with E-state index in [1.165, 1.54) is 0 Å².